The average Bonchev–Trinajstić information content (AvgIpc) is 2.67. The van der Waals surface area contributed by atoms with Crippen LogP contribution in [0.3, 0.4) is 0 Å². The minimum atomic E-state index is 0.0577. The first-order valence-corrected chi connectivity index (χ1v) is 6.58. The summed E-state index contributed by atoms with van der Waals surface area (Å²) in [5.41, 5.74) is 3.85. The number of hydrogen-bond donors (Lipinski definition) is 2. The standard InChI is InChI=1S/C12H23ClN4/c1-5-9(4)6-11(16-14)12-10(13)7-15-17(12)8(2)3/h7-9,11,16H,5-6,14H2,1-4H3. The van der Waals surface area contributed by atoms with Gasteiger partial charge in [-0.1, -0.05) is 31.9 Å². The van der Waals surface area contributed by atoms with Crippen LogP contribution in [-0.4, -0.2) is 9.78 Å². The number of rotatable bonds is 6. The van der Waals surface area contributed by atoms with Crippen molar-refractivity contribution in [3.8, 4) is 0 Å². The molecule has 5 heteroatoms. The van der Waals surface area contributed by atoms with E-state index in [2.05, 4.69) is 38.2 Å². The summed E-state index contributed by atoms with van der Waals surface area (Å²) in [4.78, 5) is 0. The van der Waals surface area contributed by atoms with E-state index in [0.717, 1.165) is 18.5 Å². The van der Waals surface area contributed by atoms with Gasteiger partial charge in [-0.2, -0.15) is 5.10 Å². The largest absolute Gasteiger partial charge is 0.271 e. The van der Waals surface area contributed by atoms with Crippen molar-refractivity contribution >= 4 is 11.6 Å². The summed E-state index contributed by atoms with van der Waals surface area (Å²) in [5, 5.41) is 4.99. The fourth-order valence-electron chi connectivity index (χ4n) is 1.92. The molecule has 0 spiro atoms. The molecule has 0 aliphatic heterocycles. The Balaban J connectivity index is 2.98. The topological polar surface area (TPSA) is 55.9 Å². The molecular formula is C12H23ClN4. The molecular weight excluding hydrogens is 236 g/mol. The van der Waals surface area contributed by atoms with Crippen LogP contribution in [0.1, 0.15) is 58.3 Å². The normalized spacial score (nSPS) is 15.2. The third kappa shape index (κ3) is 3.44. The summed E-state index contributed by atoms with van der Waals surface area (Å²) in [6.07, 6.45) is 3.79. The second-order valence-corrected chi connectivity index (χ2v) is 5.29. The smallest absolute Gasteiger partial charge is 0.0834 e. The van der Waals surface area contributed by atoms with Gasteiger partial charge in [0.15, 0.2) is 0 Å². The van der Waals surface area contributed by atoms with Crippen LogP contribution in [0.4, 0.5) is 0 Å². The average molecular weight is 259 g/mol. The maximum absolute atomic E-state index is 6.21. The summed E-state index contributed by atoms with van der Waals surface area (Å²) in [6, 6.07) is 0.340. The minimum Gasteiger partial charge on any atom is -0.271 e. The second-order valence-electron chi connectivity index (χ2n) is 4.88. The molecule has 0 radical (unpaired) electrons. The molecule has 1 aromatic heterocycles. The molecule has 0 saturated carbocycles. The molecule has 2 unspecified atom stereocenters. The lowest BCUT2D eigenvalue weighted by molar-refractivity contribution is 0.375. The van der Waals surface area contributed by atoms with Crippen molar-refractivity contribution in [2.45, 2.75) is 52.6 Å². The second kappa shape index (κ2) is 6.38. The van der Waals surface area contributed by atoms with E-state index in [1.807, 2.05) is 4.68 Å². The van der Waals surface area contributed by atoms with Crippen molar-refractivity contribution in [2.75, 3.05) is 0 Å². The van der Waals surface area contributed by atoms with E-state index in [1.165, 1.54) is 0 Å². The molecule has 1 rings (SSSR count). The Morgan fingerprint density at radius 3 is 2.59 bits per heavy atom. The third-order valence-electron chi connectivity index (χ3n) is 3.14. The van der Waals surface area contributed by atoms with Gasteiger partial charge in [-0.05, 0) is 26.2 Å². The first-order chi connectivity index (χ1) is 8.01. The summed E-state index contributed by atoms with van der Waals surface area (Å²) < 4.78 is 1.94. The molecule has 3 N–H and O–H groups in total. The molecule has 0 aliphatic rings. The molecule has 2 atom stereocenters. The van der Waals surface area contributed by atoms with Gasteiger partial charge in [0, 0.05) is 6.04 Å². The highest BCUT2D eigenvalue weighted by Gasteiger charge is 2.22. The highest BCUT2D eigenvalue weighted by atomic mass is 35.5. The van der Waals surface area contributed by atoms with Gasteiger partial charge in [0.1, 0.15) is 0 Å². The van der Waals surface area contributed by atoms with Gasteiger partial charge in [-0.15, -0.1) is 0 Å². The zero-order valence-electron chi connectivity index (χ0n) is 11.1. The molecule has 0 amide bonds. The first kappa shape index (κ1) is 14.5. The van der Waals surface area contributed by atoms with E-state index < -0.39 is 0 Å². The van der Waals surface area contributed by atoms with Gasteiger partial charge in [0.25, 0.3) is 0 Å². The SMILES string of the molecule is CCC(C)CC(NN)c1c(Cl)cnn1C(C)C. The lowest BCUT2D eigenvalue weighted by Gasteiger charge is -2.22. The summed E-state index contributed by atoms with van der Waals surface area (Å²) >= 11 is 6.21. The van der Waals surface area contributed by atoms with Crippen molar-refractivity contribution in [1.82, 2.24) is 15.2 Å². The van der Waals surface area contributed by atoms with Crippen molar-refractivity contribution in [2.24, 2.45) is 11.8 Å². The Morgan fingerprint density at radius 1 is 1.47 bits per heavy atom. The predicted molar refractivity (Wildman–Crippen MR) is 71.8 cm³/mol. The fraction of sp³-hybridized carbons (Fsp3) is 0.750. The maximum atomic E-state index is 6.21. The number of nitrogens with zero attached hydrogens (tertiary/aromatic N) is 2. The van der Waals surface area contributed by atoms with E-state index in [1.54, 1.807) is 6.20 Å². The van der Waals surface area contributed by atoms with Crippen LogP contribution >= 0.6 is 11.6 Å². The molecule has 1 heterocycles. The molecule has 4 nitrogen and oxygen atoms in total. The van der Waals surface area contributed by atoms with E-state index in [-0.39, 0.29) is 12.1 Å². The molecule has 0 saturated heterocycles. The van der Waals surface area contributed by atoms with Gasteiger partial charge in [-0.25, -0.2) is 0 Å². The lowest BCUT2D eigenvalue weighted by atomic mass is 9.97. The molecule has 17 heavy (non-hydrogen) atoms. The number of halogens is 1. The molecule has 0 fully saturated rings. The molecule has 0 aromatic carbocycles. The van der Waals surface area contributed by atoms with E-state index in [4.69, 9.17) is 17.4 Å². The highest BCUT2D eigenvalue weighted by molar-refractivity contribution is 6.31. The Kier molecular flexibility index (Phi) is 5.43. The van der Waals surface area contributed by atoms with Crippen LogP contribution in [0.15, 0.2) is 6.20 Å². The van der Waals surface area contributed by atoms with E-state index in [9.17, 15) is 0 Å². The highest BCUT2D eigenvalue weighted by Crippen LogP contribution is 2.29. The Hall–Kier alpha value is -0.580. The summed E-state index contributed by atoms with van der Waals surface area (Å²) in [5.74, 6) is 6.25. The fourth-order valence-corrected chi connectivity index (χ4v) is 2.18. The van der Waals surface area contributed by atoms with Crippen LogP contribution < -0.4 is 11.3 Å². The van der Waals surface area contributed by atoms with Crippen LogP contribution in [0.5, 0.6) is 0 Å². The van der Waals surface area contributed by atoms with Crippen molar-refractivity contribution < 1.29 is 0 Å². The number of hydrazine groups is 1. The number of hydrogen-bond acceptors (Lipinski definition) is 3. The maximum Gasteiger partial charge on any atom is 0.0834 e. The molecule has 0 aliphatic carbocycles. The van der Waals surface area contributed by atoms with Gasteiger partial charge in [0.05, 0.1) is 23.0 Å². The molecule has 0 bridgehead atoms. The summed E-state index contributed by atoms with van der Waals surface area (Å²) in [7, 11) is 0. The molecule has 98 valence electrons. The van der Waals surface area contributed by atoms with Crippen LogP contribution in [0.25, 0.3) is 0 Å². The predicted octanol–water partition coefficient (Wildman–Crippen LogP) is 3.06. The zero-order chi connectivity index (χ0) is 13.0. The van der Waals surface area contributed by atoms with E-state index in [0.29, 0.717) is 10.9 Å². The van der Waals surface area contributed by atoms with Crippen LogP contribution in [0, 0.1) is 5.92 Å². The number of nitrogens with two attached hydrogens (primary N) is 1. The van der Waals surface area contributed by atoms with E-state index >= 15 is 0 Å². The van der Waals surface area contributed by atoms with Crippen molar-refractivity contribution in [3.05, 3.63) is 16.9 Å². The van der Waals surface area contributed by atoms with Gasteiger partial charge in [0.2, 0.25) is 0 Å². The Bertz CT molecular complexity index is 348. The third-order valence-corrected chi connectivity index (χ3v) is 3.43. The van der Waals surface area contributed by atoms with Crippen LogP contribution in [0.2, 0.25) is 5.02 Å². The number of nitrogens with one attached hydrogen (secondary N) is 1. The Morgan fingerprint density at radius 2 is 2.12 bits per heavy atom. The Labute approximate surface area is 108 Å². The zero-order valence-corrected chi connectivity index (χ0v) is 11.8. The number of aromatic nitrogens is 2. The van der Waals surface area contributed by atoms with Gasteiger partial charge < -0.3 is 0 Å². The quantitative estimate of drug-likeness (QED) is 0.609. The monoisotopic (exact) mass is 258 g/mol. The van der Waals surface area contributed by atoms with Gasteiger partial charge in [-0.3, -0.25) is 16.0 Å². The van der Waals surface area contributed by atoms with Crippen LogP contribution in [-0.2, 0) is 0 Å². The first-order valence-electron chi connectivity index (χ1n) is 6.20. The van der Waals surface area contributed by atoms with Crippen molar-refractivity contribution in [1.29, 1.82) is 0 Å². The molecule has 1 aromatic rings. The minimum absolute atomic E-state index is 0.0577. The van der Waals surface area contributed by atoms with Gasteiger partial charge >= 0.3 is 0 Å². The summed E-state index contributed by atoms with van der Waals surface area (Å²) in [6.45, 7) is 8.57. The van der Waals surface area contributed by atoms with Crippen molar-refractivity contribution in [3.63, 3.8) is 0 Å². The lowest BCUT2D eigenvalue weighted by Crippen LogP contribution is -2.31.